The maximum atomic E-state index is 12.4. The first-order chi connectivity index (χ1) is 9.95. The van der Waals surface area contributed by atoms with Crippen molar-refractivity contribution < 1.29 is 9.59 Å². The molecular weight excluding hydrogens is 264 g/mol. The van der Waals surface area contributed by atoms with E-state index in [0.29, 0.717) is 16.8 Å². The third kappa shape index (κ3) is 2.29. The molecule has 2 N–H and O–H groups in total. The monoisotopic (exact) mass is 280 g/mol. The van der Waals surface area contributed by atoms with Crippen LogP contribution in [0.25, 0.3) is 0 Å². The summed E-state index contributed by atoms with van der Waals surface area (Å²) < 4.78 is 0. The van der Waals surface area contributed by atoms with Crippen LogP contribution in [0.5, 0.6) is 0 Å². The van der Waals surface area contributed by atoms with Crippen LogP contribution >= 0.6 is 0 Å². The van der Waals surface area contributed by atoms with Crippen LogP contribution in [0.1, 0.15) is 37.4 Å². The fourth-order valence-corrected chi connectivity index (χ4v) is 2.79. The van der Waals surface area contributed by atoms with E-state index in [2.05, 4.69) is 6.07 Å². The second-order valence-electron chi connectivity index (χ2n) is 5.50. The van der Waals surface area contributed by atoms with Crippen LogP contribution in [0.15, 0.2) is 36.4 Å². The fraction of sp³-hybridized carbons (Fsp3) is 0.176. The Morgan fingerprint density at radius 3 is 2.19 bits per heavy atom. The molecule has 0 spiro atoms. The Labute approximate surface area is 123 Å². The SMILES string of the molecule is Cc1cc(C)cc(CN2C(=O)c3ccc(N)cc3C2=O)c1. The van der Waals surface area contributed by atoms with Gasteiger partial charge in [0.25, 0.3) is 11.8 Å². The minimum Gasteiger partial charge on any atom is -0.399 e. The molecule has 3 rings (SSSR count). The largest absolute Gasteiger partial charge is 0.399 e. The van der Waals surface area contributed by atoms with Crippen molar-refractivity contribution in [2.24, 2.45) is 0 Å². The third-order valence-corrected chi connectivity index (χ3v) is 3.62. The van der Waals surface area contributed by atoms with Crippen molar-refractivity contribution in [3.63, 3.8) is 0 Å². The van der Waals surface area contributed by atoms with E-state index in [1.54, 1.807) is 18.2 Å². The minimum atomic E-state index is -0.276. The van der Waals surface area contributed by atoms with Crippen LogP contribution in [-0.2, 0) is 6.54 Å². The van der Waals surface area contributed by atoms with Crippen LogP contribution in [0, 0.1) is 13.8 Å². The van der Waals surface area contributed by atoms with Gasteiger partial charge in [0.15, 0.2) is 0 Å². The summed E-state index contributed by atoms with van der Waals surface area (Å²) >= 11 is 0. The molecule has 21 heavy (non-hydrogen) atoms. The molecule has 1 aliphatic rings. The first-order valence-corrected chi connectivity index (χ1v) is 6.78. The van der Waals surface area contributed by atoms with Gasteiger partial charge in [-0.1, -0.05) is 29.3 Å². The van der Waals surface area contributed by atoms with Gasteiger partial charge in [-0.25, -0.2) is 0 Å². The van der Waals surface area contributed by atoms with Crippen LogP contribution < -0.4 is 5.73 Å². The lowest BCUT2D eigenvalue weighted by Gasteiger charge is -2.14. The van der Waals surface area contributed by atoms with Gasteiger partial charge in [0, 0.05) is 5.69 Å². The zero-order chi connectivity index (χ0) is 15.1. The topological polar surface area (TPSA) is 63.4 Å². The molecule has 1 aliphatic heterocycles. The molecule has 0 aliphatic carbocycles. The summed E-state index contributed by atoms with van der Waals surface area (Å²) in [6.07, 6.45) is 0. The summed E-state index contributed by atoms with van der Waals surface area (Å²) in [5, 5.41) is 0. The van der Waals surface area contributed by atoms with Crippen molar-refractivity contribution in [3.05, 3.63) is 64.2 Å². The lowest BCUT2D eigenvalue weighted by Crippen LogP contribution is -2.29. The first kappa shape index (κ1) is 13.4. The van der Waals surface area contributed by atoms with Crippen LogP contribution in [0.2, 0.25) is 0 Å². The molecule has 4 nitrogen and oxygen atoms in total. The van der Waals surface area contributed by atoms with Gasteiger partial charge in [0.05, 0.1) is 17.7 Å². The number of imide groups is 1. The molecule has 0 radical (unpaired) electrons. The van der Waals surface area contributed by atoms with Crippen molar-refractivity contribution in [1.29, 1.82) is 0 Å². The number of nitrogen functional groups attached to an aromatic ring is 1. The lowest BCUT2D eigenvalue weighted by molar-refractivity contribution is 0.0642. The minimum absolute atomic E-state index is 0.255. The number of amides is 2. The van der Waals surface area contributed by atoms with Gasteiger partial charge in [0.2, 0.25) is 0 Å². The van der Waals surface area contributed by atoms with E-state index in [0.717, 1.165) is 16.7 Å². The van der Waals surface area contributed by atoms with Crippen molar-refractivity contribution in [3.8, 4) is 0 Å². The average molecular weight is 280 g/mol. The zero-order valence-corrected chi connectivity index (χ0v) is 12.0. The Kier molecular flexibility index (Phi) is 3.01. The molecule has 0 fully saturated rings. The van der Waals surface area contributed by atoms with E-state index in [1.807, 2.05) is 26.0 Å². The fourth-order valence-electron chi connectivity index (χ4n) is 2.79. The number of rotatable bonds is 2. The van der Waals surface area contributed by atoms with Gasteiger partial charge in [-0.3, -0.25) is 14.5 Å². The molecule has 0 saturated heterocycles. The maximum Gasteiger partial charge on any atom is 0.261 e. The number of nitrogens with two attached hydrogens (primary N) is 1. The number of nitrogens with zero attached hydrogens (tertiary/aromatic N) is 1. The Bertz CT molecular complexity index is 745. The van der Waals surface area contributed by atoms with E-state index < -0.39 is 0 Å². The van der Waals surface area contributed by atoms with Crippen LogP contribution in [0.4, 0.5) is 5.69 Å². The van der Waals surface area contributed by atoms with Gasteiger partial charge in [-0.15, -0.1) is 0 Å². The summed E-state index contributed by atoms with van der Waals surface area (Å²) in [6, 6.07) is 10.9. The van der Waals surface area contributed by atoms with E-state index in [1.165, 1.54) is 4.90 Å². The summed E-state index contributed by atoms with van der Waals surface area (Å²) in [4.78, 5) is 26.0. The molecule has 1 heterocycles. The molecule has 0 aromatic heterocycles. The first-order valence-electron chi connectivity index (χ1n) is 6.78. The Balaban J connectivity index is 1.95. The number of hydrogen-bond acceptors (Lipinski definition) is 3. The average Bonchev–Trinajstić information content (AvgIpc) is 2.62. The Morgan fingerprint density at radius 1 is 0.905 bits per heavy atom. The van der Waals surface area contributed by atoms with Crippen molar-refractivity contribution in [2.45, 2.75) is 20.4 Å². The highest BCUT2D eigenvalue weighted by Crippen LogP contribution is 2.26. The number of fused-ring (bicyclic) bond motifs is 1. The number of anilines is 1. The molecule has 0 atom stereocenters. The lowest BCUT2D eigenvalue weighted by atomic mass is 10.1. The van der Waals surface area contributed by atoms with E-state index in [4.69, 9.17) is 5.73 Å². The highest BCUT2D eigenvalue weighted by atomic mass is 16.2. The van der Waals surface area contributed by atoms with E-state index in [-0.39, 0.29) is 18.4 Å². The quantitative estimate of drug-likeness (QED) is 0.679. The van der Waals surface area contributed by atoms with E-state index >= 15 is 0 Å². The molecule has 2 amide bonds. The number of carbonyl (C=O) groups excluding carboxylic acids is 2. The second kappa shape index (κ2) is 4.74. The maximum absolute atomic E-state index is 12.4. The summed E-state index contributed by atoms with van der Waals surface area (Å²) in [7, 11) is 0. The standard InChI is InChI=1S/C17H16N2O2/c1-10-5-11(2)7-12(6-10)9-19-16(20)14-4-3-13(18)8-15(14)17(19)21/h3-8H,9,18H2,1-2H3. The molecule has 2 aromatic rings. The Hall–Kier alpha value is -2.62. The number of hydrogen-bond donors (Lipinski definition) is 1. The third-order valence-electron chi connectivity index (χ3n) is 3.62. The van der Waals surface area contributed by atoms with Gasteiger partial charge in [0.1, 0.15) is 0 Å². The van der Waals surface area contributed by atoms with Gasteiger partial charge >= 0.3 is 0 Å². The predicted molar refractivity (Wildman–Crippen MR) is 81.0 cm³/mol. The van der Waals surface area contributed by atoms with Crippen molar-refractivity contribution >= 4 is 17.5 Å². The number of benzene rings is 2. The van der Waals surface area contributed by atoms with Gasteiger partial charge in [-0.05, 0) is 37.6 Å². The van der Waals surface area contributed by atoms with E-state index in [9.17, 15) is 9.59 Å². The smallest absolute Gasteiger partial charge is 0.261 e. The van der Waals surface area contributed by atoms with Gasteiger partial charge in [-0.2, -0.15) is 0 Å². The number of carbonyl (C=O) groups is 2. The predicted octanol–water partition coefficient (Wildman–Crippen LogP) is 2.68. The molecule has 0 bridgehead atoms. The highest BCUT2D eigenvalue weighted by molar-refractivity contribution is 6.21. The summed E-state index contributed by atoms with van der Waals surface area (Å²) in [5.41, 5.74) is 10.2. The molecule has 0 unspecified atom stereocenters. The molecule has 106 valence electrons. The summed E-state index contributed by atoms with van der Waals surface area (Å²) in [5.74, 6) is -0.532. The van der Waals surface area contributed by atoms with Gasteiger partial charge < -0.3 is 5.73 Å². The normalized spacial score (nSPS) is 13.7. The molecule has 0 saturated carbocycles. The molecule has 4 heteroatoms. The number of aryl methyl sites for hydroxylation is 2. The van der Waals surface area contributed by atoms with Crippen LogP contribution in [-0.4, -0.2) is 16.7 Å². The zero-order valence-electron chi connectivity index (χ0n) is 12.0. The summed E-state index contributed by atoms with van der Waals surface area (Å²) in [6.45, 7) is 4.29. The Morgan fingerprint density at radius 2 is 1.52 bits per heavy atom. The molecule has 2 aromatic carbocycles. The highest BCUT2D eigenvalue weighted by Gasteiger charge is 2.35. The van der Waals surface area contributed by atoms with Crippen LogP contribution in [0.3, 0.4) is 0 Å². The molecular formula is C17H16N2O2. The second-order valence-corrected chi connectivity index (χ2v) is 5.50. The van der Waals surface area contributed by atoms with Crippen molar-refractivity contribution in [1.82, 2.24) is 4.90 Å². The van der Waals surface area contributed by atoms with Crippen molar-refractivity contribution in [2.75, 3.05) is 5.73 Å².